The van der Waals surface area contributed by atoms with Crippen LogP contribution >= 0.6 is 11.8 Å². The molecule has 3 fully saturated rings. The number of nitrogens with one attached hydrogen (secondary N) is 1. The Kier molecular flexibility index (Phi) is 4.58. The Hall–Kier alpha value is -1.79. The third kappa shape index (κ3) is 3.65. The number of nitrogens with zero attached hydrogens (tertiary/aromatic N) is 2. The summed E-state index contributed by atoms with van der Waals surface area (Å²) in [5.41, 5.74) is 0.712. The van der Waals surface area contributed by atoms with Gasteiger partial charge >= 0.3 is 0 Å². The Bertz CT molecular complexity index is 665. The number of fused-ring (bicyclic) bond motifs is 4. The summed E-state index contributed by atoms with van der Waals surface area (Å²) in [5.74, 6) is 0.799. The van der Waals surface area contributed by atoms with Crippen molar-refractivity contribution in [2.75, 3.05) is 19.6 Å². The van der Waals surface area contributed by atoms with Gasteiger partial charge in [-0.25, -0.2) is 4.98 Å². The number of hydrogen-bond donors (Lipinski definition) is 1. The molecule has 2 bridgehead atoms. The molecule has 1 atom stereocenters. The number of oxazole rings is 1. The molecular weight excluding hydrogens is 322 g/mol. The van der Waals surface area contributed by atoms with Gasteiger partial charge in [0.25, 0.3) is 5.91 Å². The van der Waals surface area contributed by atoms with Crippen molar-refractivity contribution in [2.45, 2.75) is 35.3 Å². The van der Waals surface area contributed by atoms with Crippen LogP contribution in [0.25, 0.3) is 0 Å². The van der Waals surface area contributed by atoms with Gasteiger partial charge in [-0.05, 0) is 62.5 Å². The summed E-state index contributed by atoms with van der Waals surface area (Å²) in [7, 11) is 0. The van der Waals surface area contributed by atoms with E-state index in [9.17, 15) is 4.79 Å². The second-order valence-electron chi connectivity index (χ2n) is 6.60. The van der Waals surface area contributed by atoms with Crippen molar-refractivity contribution in [3.63, 3.8) is 0 Å². The van der Waals surface area contributed by atoms with E-state index in [-0.39, 0.29) is 11.9 Å². The molecule has 2 aromatic rings. The minimum Gasteiger partial charge on any atom is -0.437 e. The van der Waals surface area contributed by atoms with Gasteiger partial charge < -0.3 is 14.6 Å². The molecule has 0 spiro atoms. The van der Waals surface area contributed by atoms with Crippen LogP contribution < -0.4 is 5.32 Å². The molecule has 24 heavy (non-hydrogen) atoms. The topological polar surface area (TPSA) is 58.4 Å². The van der Waals surface area contributed by atoms with Crippen molar-refractivity contribution in [3.8, 4) is 0 Å². The molecule has 1 N–H and O–H groups in total. The highest BCUT2D eigenvalue weighted by atomic mass is 32.2. The first-order chi connectivity index (χ1) is 11.8. The van der Waals surface area contributed by atoms with E-state index in [1.54, 1.807) is 6.20 Å². The smallest absolute Gasteiger partial charge is 0.251 e. The van der Waals surface area contributed by atoms with Gasteiger partial charge in [-0.3, -0.25) is 4.79 Å². The molecule has 3 saturated heterocycles. The molecule has 1 unspecified atom stereocenters. The fraction of sp³-hybridized carbons (Fsp3) is 0.444. The Labute approximate surface area is 145 Å². The summed E-state index contributed by atoms with van der Waals surface area (Å²) in [6.45, 7) is 3.36. The number of hydrogen-bond acceptors (Lipinski definition) is 5. The predicted molar refractivity (Wildman–Crippen MR) is 92.1 cm³/mol. The fourth-order valence-corrected chi connectivity index (χ4v) is 4.32. The van der Waals surface area contributed by atoms with E-state index < -0.39 is 0 Å². The van der Waals surface area contributed by atoms with E-state index in [4.69, 9.17) is 4.42 Å². The van der Waals surface area contributed by atoms with Crippen LogP contribution in [0.4, 0.5) is 0 Å². The van der Waals surface area contributed by atoms with Crippen molar-refractivity contribution >= 4 is 17.7 Å². The summed E-state index contributed by atoms with van der Waals surface area (Å²) in [4.78, 5) is 19.9. The molecule has 1 aromatic heterocycles. The maximum absolute atomic E-state index is 12.5. The highest BCUT2D eigenvalue weighted by Gasteiger charge is 2.29. The summed E-state index contributed by atoms with van der Waals surface area (Å²) in [6, 6.07) is 7.92. The Morgan fingerprint density at radius 3 is 2.75 bits per heavy atom. The zero-order chi connectivity index (χ0) is 16.4. The molecule has 1 amide bonds. The van der Waals surface area contributed by atoms with Gasteiger partial charge in [0.2, 0.25) is 0 Å². The fourth-order valence-electron chi connectivity index (χ4n) is 3.61. The largest absolute Gasteiger partial charge is 0.437 e. The molecule has 126 valence electrons. The van der Waals surface area contributed by atoms with Crippen molar-refractivity contribution in [1.29, 1.82) is 0 Å². The predicted octanol–water partition coefficient (Wildman–Crippen LogP) is 3.04. The van der Waals surface area contributed by atoms with E-state index >= 15 is 0 Å². The van der Waals surface area contributed by atoms with Crippen LogP contribution in [-0.4, -0.2) is 41.5 Å². The number of amides is 1. The van der Waals surface area contributed by atoms with Crippen molar-refractivity contribution < 1.29 is 9.21 Å². The van der Waals surface area contributed by atoms with Gasteiger partial charge in [0.15, 0.2) is 11.5 Å². The molecule has 0 radical (unpaired) electrons. The zero-order valence-corrected chi connectivity index (χ0v) is 14.3. The lowest BCUT2D eigenvalue weighted by atomic mass is 9.94. The van der Waals surface area contributed by atoms with Crippen molar-refractivity contribution in [1.82, 2.24) is 15.2 Å². The summed E-state index contributed by atoms with van der Waals surface area (Å²) in [5, 5.41) is 3.97. The lowest BCUT2D eigenvalue weighted by Crippen LogP contribution is -2.41. The lowest BCUT2D eigenvalue weighted by molar-refractivity contribution is 0.0928. The van der Waals surface area contributed by atoms with Gasteiger partial charge in [-0.1, -0.05) is 11.8 Å². The number of carbonyl (C=O) groups excluding carboxylic acids is 1. The average Bonchev–Trinajstić information content (AvgIpc) is 2.94. The number of benzene rings is 1. The maximum Gasteiger partial charge on any atom is 0.251 e. The average molecular weight is 343 g/mol. The Morgan fingerprint density at radius 1 is 1.25 bits per heavy atom. The summed E-state index contributed by atoms with van der Waals surface area (Å²) < 4.78 is 5.22. The molecule has 6 heteroatoms. The number of piperidine rings is 1. The van der Waals surface area contributed by atoms with Crippen LogP contribution in [-0.2, 0) is 0 Å². The van der Waals surface area contributed by atoms with E-state index in [1.807, 2.05) is 24.3 Å². The normalized spacial score (nSPS) is 26.1. The molecular formula is C18H21N3O2S. The highest BCUT2D eigenvalue weighted by Crippen LogP contribution is 2.28. The summed E-state index contributed by atoms with van der Waals surface area (Å²) in [6.07, 6.45) is 6.77. The van der Waals surface area contributed by atoms with Crippen molar-refractivity contribution in [3.05, 3.63) is 42.4 Å². The molecule has 0 saturated carbocycles. The standard InChI is InChI=1S/C18H21N3O2S/c22-18(20-15-9-13-5-7-21(11-15)8-6-13)14-1-3-16(4-2-14)24-17-10-19-12-23-17/h1-4,10,12-13,15H,5-9,11H2,(H,20,22). The van der Waals surface area contributed by atoms with Crippen LogP contribution in [0.1, 0.15) is 29.6 Å². The highest BCUT2D eigenvalue weighted by molar-refractivity contribution is 7.99. The van der Waals surface area contributed by atoms with Gasteiger partial charge in [0, 0.05) is 23.0 Å². The first-order valence-corrected chi connectivity index (χ1v) is 9.27. The quantitative estimate of drug-likeness (QED) is 0.925. The molecule has 5 nitrogen and oxygen atoms in total. The molecule has 1 aromatic carbocycles. The van der Waals surface area contributed by atoms with E-state index in [2.05, 4.69) is 15.2 Å². The van der Waals surface area contributed by atoms with Crippen LogP contribution in [0, 0.1) is 5.92 Å². The van der Waals surface area contributed by atoms with Crippen LogP contribution in [0.15, 0.2) is 51.3 Å². The Morgan fingerprint density at radius 2 is 2.04 bits per heavy atom. The molecule has 3 aliphatic heterocycles. The van der Waals surface area contributed by atoms with Gasteiger partial charge in [0.1, 0.15) is 0 Å². The molecule has 5 rings (SSSR count). The SMILES string of the molecule is O=C(NC1CC2CCN(CC2)C1)c1ccc(Sc2cnco2)cc1. The first-order valence-electron chi connectivity index (χ1n) is 8.46. The zero-order valence-electron chi connectivity index (χ0n) is 13.5. The first kappa shape index (κ1) is 15.7. The van der Waals surface area contributed by atoms with E-state index in [0.717, 1.165) is 28.9 Å². The molecule has 4 heterocycles. The second-order valence-corrected chi connectivity index (χ2v) is 7.67. The van der Waals surface area contributed by atoms with E-state index in [1.165, 1.54) is 44.1 Å². The molecule has 3 aliphatic rings. The van der Waals surface area contributed by atoms with Crippen molar-refractivity contribution in [2.24, 2.45) is 5.92 Å². The Balaban J connectivity index is 1.37. The van der Waals surface area contributed by atoms with E-state index in [0.29, 0.717) is 5.56 Å². The second kappa shape index (κ2) is 6.99. The monoisotopic (exact) mass is 343 g/mol. The van der Waals surface area contributed by atoms with Gasteiger partial charge in [-0.2, -0.15) is 0 Å². The van der Waals surface area contributed by atoms with Gasteiger partial charge in [0.05, 0.1) is 6.20 Å². The minimum atomic E-state index is 0.0266. The van der Waals surface area contributed by atoms with Crippen LogP contribution in [0.3, 0.4) is 0 Å². The van der Waals surface area contributed by atoms with Crippen LogP contribution in [0.2, 0.25) is 0 Å². The number of carbonyl (C=O) groups is 1. The molecule has 0 aliphatic carbocycles. The lowest BCUT2D eigenvalue weighted by Gasteiger charge is -2.26. The number of rotatable bonds is 4. The summed E-state index contributed by atoms with van der Waals surface area (Å²) >= 11 is 1.49. The van der Waals surface area contributed by atoms with Gasteiger partial charge in [-0.15, -0.1) is 0 Å². The maximum atomic E-state index is 12.5. The minimum absolute atomic E-state index is 0.0266. The number of aromatic nitrogens is 1. The third-order valence-electron chi connectivity index (χ3n) is 4.88. The van der Waals surface area contributed by atoms with Crippen LogP contribution in [0.5, 0.6) is 0 Å². The third-order valence-corrected chi connectivity index (χ3v) is 5.79.